The average molecular weight is 630 g/mol. The van der Waals surface area contributed by atoms with Crippen molar-refractivity contribution in [3.63, 3.8) is 0 Å². The van der Waals surface area contributed by atoms with Crippen molar-refractivity contribution in [3.05, 3.63) is 139 Å². The lowest BCUT2D eigenvalue weighted by Crippen LogP contribution is -2.42. The second kappa shape index (κ2) is 14.1. The van der Waals surface area contributed by atoms with Crippen molar-refractivity contribution in [2.45, 2.75) is 43.9 Å². The van der Waals surface area contributed by atoms with Crippen LogP contribution in [0.3, 0.4) is 0 Å². The summed E-state index contributed by atoms with van der Waals surface area (Å²) < 4.78 is 26.8. The number of aryl methyl sites for hydroxylation is 1. The molecule has 0 spiro atoms. The minimum atomic E-state index is -1.12. The van der Waals surface area contributed by atoms with Gasteiger partial charge < -0.3 is 18.9 Å². The number of methoxy groups -OCH3 is 2. The van der Waals surface area contributed by atoms with Gasteiger partial charge in [-0.05, 0) is 53.4 Å². The van der Waals surface area contributed by atoms with Gasteiger partial charge in [0.05, 0.1) is 33.0 Å². The molecule has 1 saturated heterocycles. The molecule has 11 nitrogen and oxygen atoms in total. The molecule has 0 N–H and O–H groups in total. The van der Waals surface area contributed by atoms with Crippen molar-refractivity contribution in [3.8, 4) is 11.5 Å². The summed E-state index contributed by atoms with van der Waals surface area (Å²) in [4.78, 5) is 29.0. The van der Waals surface area contributed by atoms with Crippen LogP contribution >= 0.6 is 12.6 Å². The number of thiol groups is 1. The maximum absolute atomic E-state index is 13.3. The fraction of sp³-hybridized carbons (Fsp3) is 0.333. The van der Waals surface area contributed by atoms with Crippen LogP contribution in [0.2, 0.25) is 0 Å². The molecule has 1 aliphatic heterocycles. The van der Waals surface area contributed by atoms with E-state index in [9.17, 15) is 15.1 Å². The first kappa shape index (κ1) is 31.9. The molecule has 3 atom stereocenters. The largest absolute Gasteiger partial charge is 0.497 e. The van der Waals surface area contributed by atoms with E-state index >= 15 is 0 Å². The second-order valence-electron chi connectivity index (χ2n) is 10.6. The second-order valence-corrected chi connectivity index (χ2v) is 11.1. The van der Waals surface area contributed by atoms with Gasteiger partial charge in [0.1, 0.15) is 23.3 Å². The van der Waals surface area contributed by atoms with Crippen molar-refractivity contribution >= 4 is 12.6 Å². The molecule has 5 rings (SSSR count). The number of benzene rings is 3. The molecule has 234 valence electrons. The zero-order valence-corrected chi connectivity index (χ0v) is 26.2. The van der Waals surface area contributed by atoms with Crippen LogP contribution < -0.4 is 20.7 Å². The molecule has 0 saturated carbocycles. The Labute approximate surface area is 266 Å². The van der Waals surface area contributed by atoms with E-state index in [4.69, 9.17) is 18.9 Å². The minimum absolute atomic E-state index is 0.0111. The van der Waals surface area contributed by atoms with E-state index in [0.29, 0.717) is 22.8 Å². The summed E-state index contributed by atoms with van der Waals surface area (Å²) in [6.45, 7) is 1.81. The lowest BCUT2D eigenvalue weighted by atomic mass is 9.80. The van der Waals surface area contributed by atoms with Gasteiger partial charge in [-0.15, -0.1) is 0 Å². The SMILES string of the molecule is COc1ccc(C(OC[C@H]2O[C@@H](n3cc(C)c(=O)n(CCS)c3=O)C[C@@H]2N=[N+]=[N-])(c2ccccc2)c2ccc(OC)cc2)cc1. The Morgan fingerprint density at radius 1 is 0.956 bits per heavy atom. The fourth-order valence-corrected chi connectivity index (χ4v) is 5.97. The van der Waals surface area contributed by atoms with Gasteiger partial charge in [0.25, 0.3) is 5.56 Å². The minimum Gasteiger partial charge on any atom is -0.497 e. The maximum atomic E-state index is 13.3. The summed E-state index contributed by atoms with van der Waals surface area (Å²) in [6.07, 6.45) is 0.229. The Morgan fingerprint density at radius 3 is 2.07 bits per heavy atom. The monoisotopic (exact) mass is 629 g/mol. The third-order valence-corrected chi connectivity index (χ3v) is 8.24. The van der Waals surface area contributed by atoms with Gasteiger partial charge in [0.15, 0.2) is 0 Å². The van der Waals surface area contributed by atoms with Crippen LogP contribution in [-0.2, 0) is 21.6 Å². The van der Waals surface area contributed by atoms with Crippen LogP contribution in [0.4, 0.5) is 0 Å². The van der Waals surface area contributed by atoms with Crippen LogP contribution in [0.15, 0.2) is 99.8 Å². The summed E-state index contributed by atoms with van der Waals surface area (Å²) in [5.41, 5.74) is 10.3. The number of rotatable bonds is 12. The molecule has 0 bridgehead atoms. The highest BCUT2D eigenvalue weighted by molar-refractivity contribution is 7.80. The molecule has 0 radical (unpaired) electrons. The summed E-state index contributed by atoms with van der Waals surface area (Å²) in [5.74, 6) is 1.71. The summed E-state index contributed by atoms with van der Waals surface area (Å²) in [6, 6.07) is 24.5. The van der Waals surface area contributed by atoms with Crippen molar-refractivity contribution < 1.29 is 18.9 Å². The van der Waals surface area contributed by atoms with Crippen molar-refractivity contribution in [1.29, 1.82) is 0 Å². The van der Waals surface area contributed by atoms with Crippen LogP contribution in [-0.4, -0.2) is 47.9 Å². The quantitative estimate of drug-likeness (QED) is 0.0750. The number of aromatic nitrogens is 2. The number of hydrogen-bond acceptors (Lipinski definition) is 8. The maximum Gasteiger partial charge on any atom is 0.333 e. The molecule has 2 heterocycles. The first-order valence-corrected chi connectivity index (χ1v) is 15.1. The number of nitrogens with zero attached hydrogens (tertiary/aromatic N) is 5. The Hall–Kier alpha value is -4.48. The Bertz CT molecular complexity index is 1720. The van der Waals surface area contributed by atoms with Gasteiger partial charge in [-0.25, -0.2) is 4.79 Å². The number of hydrogen-bond donors (Lipinski definition) is 1. The molecule has 1 aliphatic rings. The van der Waals surface area contributed by atoms with Gasteiger partial charge >= 0.3 is 5.69 Å². The van der Waals surface area contributed by atoms with E-state index < -0.39 is 29.7 Å². The van der Waals surface area contributed by atoms with E-state index in [0.717, 1.165) is 21.3 Å². The molecule has 1 aromatic heterocycles. The number of azide groups is 1. The lowest BCUT2D eigenvalue weighted by molar-refractivity contribution is -0.0799. The van der Waals surface area contributed by atoms with Crippen LogP contribution in [0.1, 0.15) is 34.9 Å². The normalized spacial score (nSPS) is 17.9. The van der Waals surface area contributed by atoms with Crippen LogP contribution in [0.5, 0.6) is 11.5 Å². The standard InChI is InChI=1S/C33H35N5O6S/c1-22-20-38(32(40)37(17-18-45)31(22)39)30-19-28(35-36-34)29(44-30)21-43-33(23-7-5-4-6-8-23,24-9-13-26(41-2)14-10-24)25-11-15-27(42-3)16-12-25/h4-16,20,28-30,45H,17-19,21H2,1-3H3/t28-,29+,30+/m0/s1. The molecule has 0 unspecified atom stereocenters. The molecule has 4 aromatic rings. The van der Waals surface area contributed by atoms with E-state index in [-0.39, 0.29) is 25.1 Å². The summed E-state index contributed by atoms with van der Waals surface area (Å²) >= 11 is 4.20. The predicted octanol–water partition coefficient (Wildman–Crippen LogP) is 5.24. The zero-order valence-electron chi connectivity index (χ0n) is 25.3. The van der Waals surface area contributed by atoms with Crippen LogP contribution in [0, 0.1) is 6.92 Å². The van der Waals surface area contributed by atoms with E-state index in [2.05, 4.69) is 22.7 Å². The predicted molar refractivity (Wildman–Crippen MR) is 173 cm³/mol. The summed E-state index contributed by atoms with van der Waals surface area (Å²) in [7, 11) is 3.22. The van der Waals surface area contributed by atoms with Gasteiger partial charge in [0.2, 0.25) is 0 Å². The highest BCUT2D eigenvalue weighted by atomic mass is 32.1. The molecular formula is C33H35N5O6S. The van der Waals surface area contributed by atoms with E-state index in [1.807, 2.05) is 78.9 Å². The van der Waals surface area contributed by atoms with E-state index in [1.54, 1.807) is 21.1 Å². The first-order chi connectivity index (χ1) is 21.9. The first-order valence-electron chi connectivity index (χ1n) is 14.5. The average Bonchev–Trinajstić information content (AvgIpc) is 3.48. The van der Waals surface area contributed by atoms with Gasteiger partial charge in [-0.1, -0.05) is 59.7 Å². The van der Waals surface area contributed by atoms with Crippen molar-refractivity contribution in [2.75, 3.05) is 26.6 Å². The molecule has 0 aliphatic carbocycles. The van der Waals surface area contributed by atoms with Gasteiger partial charge in [-0.3, -0.25) is 13.9 Å². The molecule has 1 fully saturated rings. The fourth-order valence-electron chi connectivity index (χ4n) is 5.77. The van der Waals surface area contributed by atoms with Gasteiger partial charge in [-0.2, -0.15) is 12.6 Å². The van der Waals surface area contributed by atoms with Crippen molar-refractivity contribution in [1.82, 2.24) is 9.13 Å². The molecular weight excluding hydrogens is 594 g/mol. The Kier molecular flexibility index (Phi) is 9.99. The highest BCUT2D eigenvalue weighted by Gasteiger charge is 2.42. The smallest absolute Gasteiger partial charge is 0.333 e. The van der Waals surface area contributed by atoms with Gasteiger partial charge in [0, 0.05) is 35.4 Å². The third kappa shape index (κ3) is 6.36. The molecule has 0 amide bonds. The molecule has 3 aromatic carbocycles. The van der Waals surface area contributed by atoms with Crippen molar-refractivity contribution in [2.24, 2.45) is 5.11 Å². The topological polar surface area (TPSA) is 130 Å². The van der Waals surface area contributed by atoms with Crippen LogP contribution in [0.25, 0.3) is 10.4 Å². The third-order valence-electron chi connectivity index (χ3n) is 8.04. The molecule has 12 heteroatoms. The lowest BCUT2D eigenvalue weighted by Gasteiger charge is -2.37. The number of ether oxygens (including phenoxy) is 4. The highest BCUT2D eigenvalue weighted by Crippen LogP contribution is 2.43. The Morgan fingerprint density at radius 2 is 1.53 bits per heavy atom. The Balaban J connectivity index is 1.57. The van der Waals surface area contributed by atoms with E-state index in [1.165, 1.54) is 10.8 Å². The molecule has 45 heavy (non-hydrogen) atoms. The zero-order chi connectivity index (χ0) is 32.0. The summed E-state index contributed by atoms with van der Waals surface area (Å²) in [5, 5.41) is 4.02.